The van der Waals surface area contributed by atoms with Crippen LogP contribution in [0.15, 0.2) is 54.6 Å². The molecule has 25 heavy (non-hydrogen) atoms. The maximum Gasteiger partial charge on any atom is 0.272 e. The monoisotopic (exact) mass is 354 g/mol. The molecule has 0 aliphatic heterocycles. The third kappa shape index (κ3) is 3.74. The maximum atomic E-state index is 12.9. The second kappa shape index (κ2) is 7.53. The fourth-order valence-corrected chi connectivity index (χ4v) is 2.87. The van der Waals surface area contributed by atoms with Gasteiger partial charge in [-0.05, 0) is 42.8 Å². The number of ether oxygens (including phenoxy) is 1. The van der Waals surface area contributed by atoms with Crippen molar-refractivity contribution in [1.29, 1.82) is 0 Å². The van der Waals surface area contributed by atoms with Crippen LogP contribution in [0.4, 0.5) is 0 Å². The third-order valence-corrected chi connectivity index (χ3v) is 4.47. The van der Waals surface area contributed by atoms with Crippen LogP contribution < -0.4 is 4.74 Å². The molecule has 0 radical (unpaired) electrons. The molecule has 0 saturated heterocycles. The lowest BCUT2D eigenvalue weighted by atomic mass is 10.1. The Balaban J connectivity index is 1.87. The molecular weight excluding hydrogens is 336 g/mol. The lowest BCUT2D eigenvalue weighted by Crippen LogP contribution is -2.31. The summed E-state index contributed by atoms with van der Waals surface area (Å²) in [5.41, 5.74) is 2.11. The molecule has 1 aromatic heterocycles. The normalized spacial score (nSPS) is 10.7. The Morgan fingerprint density at radius 3 is 2.68 bits per heavy atom. The first-order valence-electron chi connectivity index (χ1n) is 8.10. The van der Waals surface area contributed by atoms with Gasteiger partial charge >= 0.3 is 0 Å². The van der Waals surface area contributed by atoms with Crippen LogP contribution in [-0.4, -0.2) is 29.4 Å². The first kappa shape index (κ1) is 17.2. The molecule has 4 nitrogen and oxygen atoms in total. The number of fused-ring (bicyclic) bond motifs is 1. The number of rotatable bonds is 5. The highest BCUT2D eigenvalue weighted by Gasteiger charge is 2.17. The van der Waals surface area contributed by atoms with Crippen molar-refractivity contribution in [1.82, 2.24) is 9.88 Å². The average molecular weight is 355 g/mol. The molecule has 0 aliphatic carbocycles. The van der Waals surface area contributed by atoms with Crippen LogP contribution in [0.2, 0.25) is 5.02 Å². The number of carbonyl (C=O) groups excluding carboxylic acids is 1. The van der Waals surface area contributed by atoms with Gasteiger partial charge in [0, 0.05) is 23.5 Å². The summed E-state index contributed by atoms with van der Waals surface area (Å²) in [5, 5.41) is 1.59. The largest absolute Gasteiger partial charge is 0.497 e. The first-order valence-corrected chi connectivity index (χ1v) is 8.47. The van der Waals surface area contributed by atoms with E-state index < -0.39 is 0 Å². The molecule has 0 spiro atoms. The van der Waals surface area contributed by atoms with E-state index in [1.165, 1.54) is 0 Å². The SMILES string of the molecule is CCN(Cc1ccccc1Cl)C(=O)c1ccc2cc(OC)ccc2n1. The number of benzene rings is 2. The zero-order valence-corrected chi connectivity index (χ0v) is 15.0. The Hall–Kier alpha value is -2.59. The van der Waals surface area contributed by atoms with Crippen LogP contribution >= 0.6 is 11.6 Å². The van der Waals surface area contributed by atoms with Gasteiger partial charge in [-0.1, -0.05) is 35.9 Å². The van der Waals surface area contributed by atoms with Crippen molar-refractivity contribution in [2.45, 2.75) is 13.5 Å². The van der Waals surface area contributed by atoms with Gasteiger partial charge in [0.25, 0.3) is 5.91 Å². The van der Waals surface area contributed by atoms with Crippen LogP contribution in [0.25, 0.3) is 10.9 Å². The summed E-state index contributed by atoms with van der Waals surface area (Å²) in [6.07, 6.45) is 0. The van der Waals surface area contributed by atoms with Crippen LogP contribution in [-0.2, 0) is 6.54 Å². The summed E-state index contributed by atoms with van der Waals surface area (Å²) in [4.78, 5) is 19.1. The first-order chi connectivity index (χ1) is 12.1. The van der Waals surface area contributed by atoms with E-state index in [1.807, 2.05) is 55.5 Å². The lowest BCUT2D eigenvalue weighted by Gasteiger charge is -2.21. The molecule has 128 valence electrons. The Labute approximate surface area is 152 Å². The summed E-state index contributed by atoms with van der Waals surface area (Å²) in [5.74, 6) is 0.655. The van der Waals surface area contributed by atoms with E-state index in [9.17, 15) is 4.79 Å². The average Bonchev–Trinajstić information content (AvgIpc) is 2.66. The van der Waals surface area contributed by atoms with Gasteiger partial charge in [0.1, 0.15) is 11.4 Å². The zero-order valence-electron chi connectivity index (χ0n) is 14.2. The Morgan fingerprint density at radius 1 is 1.16 bits per heavy atom. The zero-order chi connectivity index (χ0) is 17.8. The van der Waals surface area contributed by atoms with E-state index in [0.29, 0.717) is 23.8 Å². The van der Waals surface area contributed by atoms with Gasteiger partial charge in [0.05, 0.1) is 12.6 Å². The molecule has 1 amide bonds. The highest BCUT2D eigenvalue weighted by molar-refractivity contribution is 6.31. The number of hydrogen-bond donors (Lipinski definition) is 0. The number of aromatic nitrogens is 1. The number of amides is 1. The molecule has 0 N–H and O–H groups in total. The molecule has 1 heterocycles. The fraction of sp³-hybridized carbons (Fsp3) is 0.200. The standard InChI is InChI=1S/C20H19ClN2O2/c1-3-23(13-15-6-4-5-7-17(15)21)20(24)19-10-8-14-12-16(25-2)9-11-18(14)22-19/h4-12H,3,13H2,1-2H3. The van der Waals surface area contributed by atoms with Crippen LogP contribution in [0.1, 0.15) is 23.0 Å². The molecule has 0 bridgehead atoms. The maximum absolute atomic E-state index is 12.9. The van der Waals surface area contributed by atoms with Crippen molar-refractivity contribution >= 4 is 28.4 Å². The minimum Gasteiger partial charge on any atom is -0.497 e. The van der Waals surface area contributed by atoms with Gasteiger partial charge in [-0.2, -0.15) is 0 Å². The summed E-state index contributed by atoms with van der Waals surface area (Å²) in [6, 6.07) is 16.8. The Morgan fingerprint density at radius 2 is 1.96 bits per heavy atom. The van der Waals surface area contributed by atoms with Crippen molar-refractivity contribution < 1.29 is 9.53 Å². The highest BCUT2D eigenvalue weighted by atomic mass is 35.5. The van der Waals surface area contributed by atoms with E-state index in [1.54, 1.807) is 18.1 Å². The van der Waals surface area contributed by atoms with Gasteiger partial charge < -0.3 is 9.64 Å². The molecule has 0 fully saturated rings. The highest BCUT2D eigenvalue weighted by Crippen LogP contribution is 2.21. The third-order valence-electron chi connectivity index (χ3n) is 4.10. The van der Waals surface area contributed by atoms with Gasteiger partial charge in [-0.15, -0.1) is 0 Å². The quantitative estimate of drug-likeness (QED) is 0.674. The lowest BCUT2D eigenvalue weighted by molar-refractivity contribution is 0.0747. The number of methoxy groups -OCH3 is 1. The van der Waals surface area contributed by atoms with E-state index in [-0.39, 0.29) is 5.91 Å². The second-order valence-corrected chi connectivity index (χ2v) is 6.07. The smallest absolute Gasteiger partial charge is 0.272 e. The molecule has 3 aromatic rings. The van der Waals surface area contributed by atoms with Crippen molar-refractivity contribution in [2.75, 3.05) is 13.7 Å². The van der Waals surface area contributed by atoms with E-state index in [0.717, 1.165) is 22.2 Å². The molecule has 2 aromatic carbocycles. The molecular formula is C20H19ClN2O2. The van der Waals surface area contributed by atoms with E-state index >= 15 is 0 Å². The molecule has 5 heteroatoms. The summed E-state index contributed by atoms with van der Waals surface area (Å²) < 4.78 is 5.22. The van der Waals surface area contributed by atoms with Crippen molar-refractivity contribution in [3.8, 4) is 5.75 Å². The molecule has 3 rings (SSSR count). The minimum atomic E-state index is -0.111. The van der Waals surface area contributed by atoms with Crippen LogP contribution in [0.3, 0.4) is 0 Å². The predicted octanol–water partition coefficient (Wildman–Crippen LogP) is 4.56. The number of halogens is 1. The van der Waals surface area contributed by atoms with Crippen LogP contribution in [0, 0.1) is 0 Å². The summed E-state index contributed by atoms with van der Waals surface area (Å²) in [7, 11) is 1.63. The van der Waals surface area contributed by atoms with Gasteiger partial charge in [0.2, 0.25) is 0 Å². The number of carbonyl (C=O) groups is 1. The van der Waals surface area contributed by atoms with Crippen molar-refractivity contribution in [2.24, 2.45) is 0 Å². The fourth-order valence-electron chi connectivity index (χ4n) is 2.67. The predicted molar refractivity (Wildman–Crippen MR) is 100 cm³/mol. The second-order valence-electron chi connectivity index (χ2n) is 5.67. The van der Waals surface area contributed by atoms with Gasteiger partial charge in [-0.3, -0.25) is 4.79 Å². The van der Waals surface area contributed by atoms with E-state index in [2.05, 4.69) is 4.98 Å². The summed E-state index contributed by atoms with van der Waals surface area (Å²) in [6.45, 7) is 2.98. The molecule has 0 unspecified atom stereocenters. The topological polar surface area (TPSA) is 42.4 Å². The van der Waals surface area contributed by atoms with Gasteiger partial charge in [0.15, 0.2) is 0 Å². The van der Waals surface area contributed by atoms with Crippen molar-refractivity contribution in [3.63, 3.8) is 0 Å². The van der Waals surface area contributed by atoms with Gasteiger partial charge in [-0.25, -0.2) is 4.98 Å². The number of hydrogen-bond acceptors (Lipinski definition) is 3. The summed E-state index contributed by atoms with van der Waals surface area (Å²) >= 11 is 6.22. The minimum absolute atomic E-state index is 0.111. The number of nitrogens with zero attached hydrogens (tertiary/aromatic N) is 2. The van der Waals surface area contributed by atoms with Crippen molar-refractivity contribution in [3.05, 3.63) is 70.9 Å². The number of pyridine rings is 1. The molecule has 0 aliphatic rings. The van der Waals surface area contributed by atoms with E-state index in [4.69, 9.17) is 16.3 Å². The Bertz CT molecular complexity index is 911. The Kier molecular flexibility index (Phi) is 5.19. The molecule has 0 atom stereocenters. The van der Waals surface area contributed by atoms with Crippen LogP contribution in [0.5, 0.6) is 5.75 Å². The molecule has 0 saturated carbocycles.